The van der Waals surface area contributed by atoms with E-state index in [-0.39, 0.29) is 24.9 Å². The fourth-order valence-electron chi connectivity index (χ4n) is 9.97. The third-order valence-corrected chi connectivity index (χ3v) is 16.3. The van der Waals surface area contributed by atoms with Crippen molar-refractivity contribution in [2.45, 2.75) is 335 Å². The summed E-state index contributed by atoms with van der Waals surface area (Å²) in [5, 5.41) is 3.03. The molecule has 0 rings (SSSR count). The van der Waals surface area contributed by atoms with Gasteiger partial charge in [0.15, 0.2) is 0 Å². The number of amides is 1. The van der Waals surface area contributed by atoms with Crippen molar-refractivity contribution in [2.24, 2.45) is 0 Å². The molecule has 3 unspecified atom stereocenters. The van der Waals surface area contributed by atoms with Gasteiger partial charge in [0, 0.05) is 12.8 Å². The molecule has 82 heavy (non-hydrogen) atoms. The maximum atomic E-state index is 13.6. The van der Waals surface area contributed by atoms with Gasteiger partial charge in [-0.25, -0.2) is 0 Å². The molecule has 0 heterocycles. The van der Waals surface area contributed by atoms with Crippen LogP contribution in [0, 0.1) is 0 Å². The van der Waals surface area contributed by atoms with E-state index in [0.29, 0.717) is 17.4 Å². The highest BCUT2D eigenvalue weighted by Gasteiger charge is 2.27. The number of hydrogen-bond acceptors (Lipinski definition) is 7. The van der Waals surface area contributed by atoms with Crippen LogP contribution in [-0.4, -0.2) is 69.4 Å². The van der Waals surface area contributed by atoms with Crippen molar-refractivity contribution < 1.29 is 37.3 Å². The van der Waals surface area contributed by atoms with E-state index < -0.39 is 26.6 Å². The summed E-state index contributed by atoms with van der Waals surface area (Å²) in [5.41, 5.74) is 0. The Morgan fingerprint density at radius 3 is 1.13 bits per heavy atom. The first-order chi connectivity index (χ1) is 39.9. The molecule has 0 aliphatic carbocycles. The first kappa shape index (κ1) is 79.5. The van der Waals surface area contributed by atoms with Gasteiger partial charge in [-0.1, -0.05) is 280 Å². The average molecular weight is 1170 g/mol. The van der Waals surface area contributed by atoms with Crippen molar-refractivity contribution in [1.29, 1.82) is 0 Å². The number of esters is 1. The van der Waals surface area contributed by atoms with Crippen LogP contribution in [-0.2, 0) is 27.9 Å². The quantitative estimate of drug-likeness (QED) is 0.0212. The predicted molar refractivity (Wildman–Crippen MR) is 353 cm³/mol. The Kier molecular flexibility index (Phi) is 59.6. The Labute approximate surface area is 508 Å². The summed E-state index contributed by atoms with van der Waals surface area (Å²) in [7, 11) is 1.18. The van der Waals surface area contributed by atoms with Gasteiger partial charge in [-0.15, -0.1) is 0 Å². The molecule has 3 atom stereocenters. The number of hydrogen-bond donors (Lipinski definition) is 1. The number of unbranched alkanes of at least 4 members (excludes halogenated alkanes) is 37. The molecule has 0 aromatic rings. The third kappa shape index (κ3) is 62.0. The van der Waals surface area contributed by atoms with Gasteiger partial charge in [-0.05, 0) is 102 Å². The number of carbonyl (C=O) groups is 2. The molecular weight excluding hydrogens is 1040 g/mol. The molecule has 10 heteroatoms. The summed E-state index contributed by atoms with van der Waals surface area (Å²) in [6.07, 6.45) is 80.2. The molecule has 0 aromatic heterocycles. The second-order valence-electron chi connectivity index (χ2n) is 24.7. The Bertz CT molecular complexity index is 1630. The van der Waals surface area contributed by atoms with Gasteiger partial charge in [0.2, 0.25) is 5.91 Å². The molecule has 9 nitrogen and oxygen atoms in total. The molecule has 0 saturated carbocycles. The molecule has 0 spiro atoms. The van der Waals surface area contributed by atoms with Crippen LogP contribution in [0.5, 0.6) is 0 Å². The summed E-state index contributed by atoms with van der Waals surface area (Å²) in [4.78, 5) is 40.1. The lowest BCUT2D eigenvalue weighted by Gasteiger charge is -2.30. The summed E-state index contributed by atoms with van der Waals surface area (Å²) in [6.45, 7) is 6.81. The molecule has 478 valence electrons. The first-order valence-corrected chi connectivity index (χ1v) is 36.2. The Hall–Kier alpha value is -2.55. The molecule has 0 aliphatic heterocycles. The SMILES string of the molecule is CCCCC/C=C\C/C=C\C/C=C\CCCCCCCCC(=O)NC(COP(=O)([O-])OCC[N+](C)(C)C)C(/C=C\CCCCCCCCCCCC)OC(=O)CCCCCCCCCCCCCCCCC/C=C\C/C=C\CCCCC. The van der Waals surface area contributed by atoms with Gasteiger partial charge in [0.05, 0.1) is 33.8 Å². The number of ether oxygens (including phenoxy) is 1. The second-order valence-corrected chi connectivity index (χ2v) is 26.1. The van der Waals surface area contributed by atoms with Crippen molar-refractivity contribution in [1.82, 2.24) is 5.32 Å². The van der Waals surface area contributed by atoms with E-state index in [1.807, 2.05) is 33.3 Å². The van der Waals surface area contributed by atoms with Crippen molar-refractivity contribution >= 4 is 19.7 Å². The molecule has 0 bridgehead atoms. The molecule has 0 aromatic carbocycles. The summed E-state index contributed by atoms with van der Waals surface area (Å²) in [5.74, 6) is -0.547. The van der Waals surface area contributed by atoms with Crippen LogP contribution in [0.4, 0.5) is 0 Å². The number of rotatable bonds is 63. The summed E-state index contributed by atoms with van der Waals surface area (Å²) >= 11 is 0. The van der Waals surface area contributed by atoms with Crippen LogP contribution >= 0.6 is 7.82 Å². The molecular formula is C72H133N2O7P. The van der Waals surface area contributed by atoms with Crippen molar-refractivity contribution in [2.75, 3.05) is 40.9 Å². The van der Waals surface area contributed by atoms with Gasteiger partial charge < -0.3 is 28.5 Å². The van der Waals surface area contributed by atoms with Crippen LogP contribution in [0.15, 0.2) is 72.9 Å². The minimum Gasteiger partial charge on any atom is -0.756 e. The van der Waals surface area contributed by atoms with Crippen molar-refractivity contribution in [3.05, 3.63) is 72.9 Å². The first-order valence-electron chi connectivity index (χ1n) is 34.7. The number of likely N-dealkylation sites (N-methyl/N-ethyl adjacent to an activating group) is 1. The number of phosphoric acid groups is 1. The monoisotopic (exact) mass is 1170 g/mol. The lowest BCUT2D eigenvalue weighted by molar-refractivity contribution is -0.870. The highest BCUT2D eigenvalue weighted by Crippen LogP contribution is 2.38. The van der Waals surface area contributed by atoms with Crippen molar-refractivity contribution in [3.63, 3.8) is 0 Å². The van der Waals surface area contributed by atoms with Crippen LogP contribution in [0.3, 0.4) is 0 Å². The normalized spacial score (nSPS) is 14.0. The summed E-state index contributed by atoms with van der Waals surface area (Å²) in [6, 6.07) is -0.898. The molecule has 0 saturated heterocycles. The van der Waals surface area contributed by atoms with E-state index in [0.717, 1.165) is 103 Å². The van der Waals surface area contributed by atoms with Crippen LogP contribution in [0.2, 0.25) is 0 Å². The van der Waals surface area contributed by atoms with Gasteiger partial charge >= 0.3 is 5.97 Å². The fourth-order valence-corrected chi connectivity index (χ4v) is 10.7. The topological polar surface area (TPSA) is 114 Å². The molecule has 1 N–H and O–H groups in total. The minimum atomic E-state index is -4.71. The fraction of sp³-hybridized carbons (Fsp3) is 0.806. The highest BCUT2D eigenvalue weighted by molar-refractivity contribution is 7.45. The molecule has 1 amide bonds. The van der Waals surface area contributed by atoms with E-state index in [2.05, 4.69) is 86.8 Å². The third-order valence-electron chi connectivity index (χ3n) is 15.4. The van der Waals surface area contributed by atoms with Crippen LogP contribution in [0.25, 0.3) is 0 Å². The Balaban J connectivity index is 5.09. The van der Waals surface area contributed by atoms with E-state index in [4.69, 9.17) is 13.8 Å². The van der Waals surface area contributed by atoms with E-state index >= 15 is 0 Å². The van der Waals surface area contributed by atoms with E-state index in [9.17, 15) is 19.0 Å². The van der Waals surface area contributed by atoms with Gasteiger partial charge in [0.1, 0.15) is 19.3 Å². The number of phosphoric ester groups is 1. The van der Waals surface area contributed by atoms with Gasteiger partial charge in [-0.2, -0.15) is 0 Å². The standard InChI is InChI=1S/C72H133N2O7P/c1-7-10-13-16-19-22-25-28-30-32-34-35-36-37-38-39-41-43-45-47-50-53-56-59-62-65-72(76)81-70(63-60-57-54-51-48-27-24-21-18-15-12-9-3)69(68-80-82(77,78)79-67-66-74(4,5)6)73-71(75)64-61-58-55-52-49-46-44-42-40-33-31-29-26-23-20-17-14-11-8-2/h19-20,22-23,28-31,40,42,60,63,69-70H,7-18,21,24-27,32-39,41,43-59,61-62,64-68H2,1-6H3,(H-,73,75,77,78)/b22-19-,23-20-,30-28-,31-29-,42-40-,63-60-. The van der Waals surface area contributed by atoms with E-state index in [1.54, 1.807) is 0 Å². The average Bonchev–Trinajstić information content (AvgIpc) is 3.47. The minimum absolute atomic E-state index is 0.0262. The lowest BCUT2D eigenvalue weighted by atomic mass is 10.0. The van der Waals surface area contributed by atoms with Gasteiger partial charge in [-0.3, -0.25) is 14.2 Å². The van der Waals surface area contributed by atoms with Crippen LogP contribution in [0.1, 0.15) is 323 Å². The van der Waals surface area contributed by atoms with Gasteiger partial charge in [0.25, 0.3) is 7.82 Å². The maximum absolute atomic E-state index is 13.6. The largest absolute Gasteiger partial charge is 0.756 e. The molecule has 0 radical (unpaired) electrons. The summed E-state index contributed by atoms with van der Waals surface area (Å²) < 4.78 is 30.4. The number of nitrogens with zero attached hydrogens (tertiary/aromatic N) is 1. The number of carbonyl (C=O) groups excluding carboxylic acids is 2. The zero-order valence-corrected chi connectivity index (χ0v) is 55.6. The van der Waals surface area contributed by atoms with Crippen LogP contribution < -0.4 is 10.2 Å². The Morgan fingerprint density at radius 2 is 0.744 bits per heavy atom. The molecule has 0 fully saturated rings. The number of nitrogens with one attached hydrogen (secondary N) is 1. The predicted octanol–water partition coefficient (Wildman–Crippen LogP) is 21.3. The number of quaternary nitrogens is 1. The lowest BCUT2D eigenvalue weighted by Crippen LogP contribution is -2.47. The van der Waals surface area contributed by atoms with Crippen molar-refractivity contribution in [3.8, 4) is 0 Å². The second kappa shape index (κ2) is 61.5. The highest BCUT2D eigenvalue weighted by atomic mass is 31.2. The Morgan fingerprint density at radius 1 is 0.427 bits per heavy atom. The smallest absolute Gasteiger partial charge is 0.306 e. The van der Waals surface area contributed by atoms with E-state index in [1.165, 1.54) is 186 Å². The number of allylic oxidation sites excluding steroid dienone is 11. The molecule has 0 aliphatic rings. The maximum Gasteiger partial charge on any atom is 0.306 e. The zero-order valence-electron chi connectivity index (χ0n) is 54.7. The zero-order chi connectivity index (χ0) is 60.0.